The van der Waals surface area contributed by atoms with Crippen LogP contribution in [0.3, 0.4) is 0 Å². The summed E-state index contributed by atoms with van der Waals surface area (Å²) in [5.74, 6) is 0.590. The predicted molar refractivity (Wildman–Crippen MR) is 120 cm³/mol. The number of aliphatic hydroxyl groups is 1. The summed E-state index contributed by atoms with van der Waals surface area (Å²) in [6.45, 7) is 5.83. The number of nitrogens with zero attached hydrogens (tertiary/aromatic N) is 1. The second-order valence-electron chi connectivity index (χ2n) is 9.55. The van der Waals surface area contributed by atoms with Crippen LogP contribution >= 0.6 is 0 Å². The summed E-state index contributed by atoms with van der Waals surface area (Å²) >= 11 is 0. The second-order valence-corrected chi connectivity index (χ2v) is 9.55. The van der Waals surface area contributed by atoms with Crippen LogP contribution in [0.15, 0.2) is 30.3 Å². The fraction of sp³-hybridized carbons (Fsp3) is 0.769. The number of likely N-dealkylation sites (tertiary alicyclic amines) is 1. The van der Waals surface area contributed by atoms with Gasteiger partial charge in [-0.25, -0.2) is 0 Å². The smallest absolute Gasteiger partial charge is 0.0753 e. The lowest BCUT2D eigenvalue weighted by molar-refractivity contribution is -0.0642. The van der Waals surface area contributed by atoms with Gasteiger partial charge in [0.05, 0.1) is 5.60 Å². The summed E-state index contributed by atoms with van der Waals surface area (Å²) in [6.07, 6.45) is 16.8. The Labute approximate surface area is 173 Å². The lowest BCUT2D eigenvalue weighted by Crippen LogP contribution is -2.49. The monoisotopic (exact) mass is 385 g/mol. The molecule has 28 heavy (non-hydrogen) atoms. The Kier molecular flexibility index (Phi) is 8.86. The molecule has 0 radical (unpaired) electrons. The van der Waals surface area contributed by atoms with Gasteiger partial charge in [0, 0.05) is 18.4 Å². The van der Waals surface area contributed by atoms with E-state index in [0.717, 1.165) is 13.0 Å². The van der Waals surface area contributed by atoms with Crippen molar-refractivity contribution in [3.8, 4) is 0 Å². The number of benzene rings is 1. The molecule has 1 saturated heterocycles. The molecule has 0 amide bonds. The summed E-state index contributed by atoms with van der Waals surface area (Å²) in [5, 5.41) is 12.2. The molecular weight excluding hydrogens is 342 g/mol. The molecule has 2 fully saturated rings. The van der Waals surface area contributed by atoms with Gasteiger partial charge in [-0.1, -0.05) is 95.0 Å². The van der Waals surface area contributed by atoms with Gasteiger partial charge in [0.1, 0.15) is 0 Å². The first kappa shape index (κ1) is 21.8. The lowest BCUT2D eigenvalue weighted by Gasteiger charge is -2.44. The van der Waals surface area contributed by atoms with Crippen molar-refractivity contribution in [2.45, 2.75) is 102 Å². The van der Waals surface area contributed by atoms with Gasteiger partial charge in [-0.2, -0.15) is 0 Å². The zero-order valence-electron chi connectivity index (χ0n) is 18.2. The minimum Gasteiger partial charge on any atom is -0.389 e. The number of hydrogen-bond donors (Lipinski definition) is 1. The Hall–Kier alpha value is -0.860. The topological polar surface area (TPSA) is 23.5 Å². The minimum absolute atomic E-state index is 0.200. The molecule has 1 heterocycles. The molecule has 2 nitrogen and oxygen atoms in total. The first-order valence-corrected chi connectivity index (χ1v) is 12.2. The SMILES string of the molecule is CC(c1ccccc1)C1(O)CCCCCCCCCCC1CN1CCCCC1. The maximum absolute atomic E-state index is 12.2. The Bertz CT molecular complexity index is 539. The van der Waals surface area contributed by atoms with Crippen molar-refractivity contribution in [1.29, 1.82) is 0 Å². The molecule has 0 aromatic heterocycles. The number of piperidine rings is 1. The van der Waals surface area contributed by atoms with Gasteiger partial charge in [-0.05, 0) is 44.3 Å². The molecule has 1 aromatic rings. The highest BCUT2D eigenvalue weighted by atomic mass is 16.3. The van der Waals surface area contributed by atoms with Crippen LogP contribution in [-0.2, 0) is 0 Å². The van der Waals surface area contributed by atoms with Crippen molar-refractivity contribution in [2.24, 2.45) is 5.92 Å². The van der Waals surface area contributed by atoms with Crippen molar-refractivity contribution < 1.29 is 5.11 Å². The third-order valence-corrected chi connectivity index (χ3v) is 7.56. The summed E-state index contributed by atoms with van der Waals surface area (Å²) in [4.78, 5) is 2.66. The van der Waals surface area contributed by atoms with E-state index in [1.807, 2.05) is 0 Å². The highest BCUT2D eigenvalue weighted by molar-refractivity contribution is 5.23. The van der Waals surface area contributed by atoms with E-state index in [1.165, 1.54) is 95.7 Å². The van der Waals surface area contributed by atoms with Crippen molar-refractivity contribution >= 4 is 0 Å². The van der Waals surface area contributed by atoms with E-state index in [1.54, 1.807) is 0 Å². The molecule has 1 saturated carbocycles. The van der Waals surface area contributed by atoms with E-state index in [2.05, 4.69) is 42.2 Å². The molecule has 3 atom stereocenters. The van der Waals surface area contributed by atoms with Crippen LogP contribution < -0.4 is 0 Å². The van der Waals surface area contributed by atoms with Crippen molar-refractivity contribution in [3.05, 3.63) is 35.9 Å². The number of rotatable bonds is 4. The molecule has 158 valence electrons. The maximum Gasteiger partial charge on any atom is 0.0753 e. The Morgan fingerprint density at radius 1 is 0.857 bits per heavy atom. The summed E-state index contributed by atoms with van der Waals surface area (Å²) in [6, 6.07) is 10.8. The van der Waals surface area contributed by atoms with Gasteiger partial charge >= 0.3 is 0 Å². The van der Waals surface area contributed by atoms with Gasteiger partial charge in [0.25, 0.3) is 0 Å². The van der Waals surface area contributed by atoms with Crippen LogP contribution in [0, 0.1) is 5.92 Å². The molecule has 2 aliphatic rings. The van der Waals surface area contributed by atoms with Gasteiger partial charge < -0.3 is 10.0 Å². The molecule has 0 bridgehead atoms. The summed E-state index contributed by atoms with van der Waals surface area (Å²) in [7, 11) is 0. The fourth-order valence-corrected chi connectivity index (χ4v) is 5.62. The highest BCUT2D eigenvalue weighted by Crippen LogP contribution is 2.41. The molecule has 2 heteroatoms. The third-order valence-electron chi connectivity index (χ3n) is 7.56. The van der Waals surface area contributed by atoms with E-state index in [-0.39, 0.29) is 5.92 Å². The zero-order chi connectivity index (χ0) is 19.7. The van der Waals surface area contributed by atoms with Crippen LogP contribution in [0.4, 0.5) is 0 Å². The zero-order valence-corrected chi connectivity index (χ0v) is 18.2. The third kappa shape index (κ3) is 6.07. The minimum atomic E-state index is -0.585. The lowest BCUT2D eigenvalue weighted by atomic mass is 9.69. The van der Waals surface area contributed by atoms with Gasteiger partial charge in [0.15, 0.2) is 0 Å². The maximum atomic E-state index is 12.2. The Morgan fingerprint density at radius 3 is 2.11 bits per heavy atom. The van der Waals surface area contributed by atoms with Crippen molar-refractivity contribution in [3.63, 3.8) is 0 Å². The molecule has 3 rings (SSSR count). The molecule has 3 unspecified atom stereocenters. The van der Waals surface area contributed by atoms with Gasteiger partial charge in [0.2, 0.25) is 0 Å². The Morgan fingerprint density at radius 2 is 1.43 bits per heavy atom. The van der Waals surface area contributed by atoms with Crippen LogP contribution in [0.25, 0.3) is 0 Å². The summed E-state index contributed by atoms with van der Waals surface area (Å²) < 4.78 is 0. The quantitative estimate of drug-likeness (QED) is 0.636. The predicted octanol–water partition coefficient (Wildman–Crippen LogP) is 6.54. The standard InChI is InChI=1S/C26H43NO/c1-23(24-16-10-8-11-17-24)26(28)19-13-7-5-3-2-4-6-12-18-25(26)22-27-20-14-9-15-21-27/h8,10-11,16-17,23,25,28H,2-7,9,12-15,18-22H2,1H3. The van der Waals surface area contributed by atoms with Crippen LogP contribution in [-0.4, -0.2) is 35.2 Å². The van der Waals surface area contributed by atoms with E-state index in [4.69, 9.17) is 0 Å². The highest BCUT2D eigenvalue weighted by Gasteiger charge is 2.42. The molecule has 1 N–H and O–H groups in total. The molecule has 1 aliphatic carbocycles. The first-order valence-electron chi connectivity index (χ1n) is 12.2. The van der Waals surface area contributed by atoms with Crippen molar-refractivity contribution in [1.82, 2.24) is 4.90 Å². The van der Waals surface area contributed by atoms with E-state index < -0.39 is 5.60 Å². The van der Waals surface area contributed by atoms with Gasteiger partial charge in [-0.15, -0.1) is 0 Å². The van der Waals surface area contributed by atoms with Crippen LogP contribution in [0.5, 0.6) is 0 Å². The van der Waals surface area contributed by atoms with Gasteiger partial charge in [-0.3, -0.25) is 0 Å². The summed E-state index contributed by atoms with van der Waals surface area (Å²) in [5.41, 5.74) is 0.721. The molecule has 1 aromatic carbocycles. The largest absolute Gasteiger partial charge is 0.389 e. The molecular formula is C26H43NO. The van der Waals surface area contributed by atoms with E-state index >= 15 is 0 Å². The van der Waals surface area contributed by atoms with E-state index in [9.17, 15) is 5.11 Å². The average Bonchev–Trinajstić information content (AvgIpc) is 2.74. The van der Waals surface area contributed by atoms with Crippen LogP contribution in [0.2, 0.25) is 0 Å². The van der Waals surface area contributed by atoms with Crippen LogP contribution in [0.1, 0.15) is 102 Å². The average molecular weight is 386 g/mol. The molecule has 1 aliphatic heterocycles. The van der Waals surface area contributed by atoms with Crippen molar-refractivity contribution in [2.75, 3.05) is 19.6 Å². The fourth-order valence-electron chi connectivity index (χ4n) is 5.62. The second kappa shape index (κ2) is 11.4. The molecule has 0 spiro atoms. The Balaban J connectivity index is 1.81. The first-order chi connectivity index (χ1) is 13.7. The normalized spacial score (nSPS) is 30.1. The van der Waals surface area contributed by atoms with E-state index in [0.29, 0.717) is 5.92 Å². The number of hydrogen-bond acceptors (Lipinski definition) is 2.